The zero-order chi connectivity index (χ0) is 10.6. The standard InChI is InChI=1S/C7H16N2O3S/c1-4-6(8)7(10)9-13(11,12)5(2)3/h5-6H,4,8H2,1-3H3,(H,9,10)/t6-/m1/s1. The van der Waals surface area contributed by atoms with Crippen molar-refractivity contribution in [3.63, 3.8) is 0 Å². The highest BCUT2D eigenvalue weighted by atomic mass is 32.2. The van der Waals surface area contributed by atoms with Gasteiger partial charge >= 0.3 is 0 Å². The molecule has 0 saturated carbocycles. The molecule has 0 radical (unpaired) electrons. The maximum Gasteiger partial charge on any atom is 0.250 e. The molecule has 13 heavy (non-hydrogen) atoms. The van der Waals surface area contributed by atoms with Gasteiger partial charge in [-0.1, -0.05) is 6.92 Å². The zero-order valence-electron chi connectivity index (χ0n) is 8.07. The molecule has 0 rings (SSSR count). The van der Waals surface area contributed by atoms with Gasteiger partial charge in [0.15, 0.2) is 0 Å². The van der Waals surface area contributed by atoms with E-state index in [1.807, 2.05) is 4.72 Å². The van der Waals surface area contributed by atoms with Gasteiger partial charge in [-0.2, -0.15) is 0 Å². The summed E-state index contributed by atoms with van der Waals surface area (Å²) in [5.74, 6) is -0.642. The second-order valence-corrected chi connectivity index (χ2v) is 5.31. The van der Waals surface area contributed by atoms with E-state index in [2.05, 4.69) is 0 Å². The van der Waals surface area contributed by atoms with Gasteiger partial charge in [0, 0.05) is 0 Å². The lowest BCUT2D eigenvalue weighted by Gasteiger charge is -2.12. The average Bonchev–Trinajstić information content (AvgIpc) is 2.01. The van der Waals surface area contributed by atoms with Crippen molar-refractivity contribution >= 4 is 15.9 Å². The summed E-state index contributed by atoms with van der Waals surface area (Å²) in [7, 11) is -3.53. The summed E-state index contributed by atoms with van der Waals surface area (Å²) in [4.78, 5) is 11.1. The number of amides is 1. The van der Waals surface area contributed by atoms with Crippen LogP contribution < -0.4 is 10.5 Å². The number of carbonyl (C=O) groups excluding carboxylic acids is 1. The summed E-state index contributed by atoms with van der Waals surface area (Å²) in [6, 6.07) is -0.756. The van der Waals surface area contributed by atoms with Crippen LogP contribution in [0.3, 0.4) is 0 Å². The minimum absolute atomic E-state index is 0.416. The Morgan fingerprint density at radius 2 is 1.92 bits per heavy atom. The maximum atomic E-state index is 11.2. The van der Waals surface area contributed by atoms with Gasteiger partial charge < -0.3 is 5.73 Å². The van der Waals surface area contributed by atoms with Crippen LogP contribution in [-0.2, 0) is 14.8 Å². The molecule has 0 aliphatic heterocycles. The van der Waals surface area contributed by atoms with Gasteiger partial charge in [-0.25, -0.2) is 8.42 Å². The summed E-state index contributed by atoms with van der Waals surface area (Å²) in [6.07, 6.45) is 0.416. The zero-order valence-corrected chi connectivity index (χ0v) is 8.89. The number of hydrogen-bond donors (Lipinski definition) is 2. The van der Waals surface area contributed by atoms with E-state index in [4.69, 9.17) is 5.73 Å². The van der Waals surface area contributed by atoms with Crippen LogP contribution >= 0.6 is 0 Å². The Balaban J connectivity index is 4.38. The van der Waals surface area contributed by atoms with Gasteiger partial charge in [0.05, 0.1) is 11.3 Å². The summed E-state index contributed by atoms with van der Waals surface area (Å²) >= 11 is 0. The summed E-state index contributed by atoms with van der Waals surface area (Å²) in [6.45, 7) is 4.70. The molecular formula is C7H16N2O3S. The van der Waals surface area contributed by atoms with Gasteiger partial charge in [-0.05, 0) is 20.3 Å². The fraction of sp³-hybridized carbons (Fsp3) is 0.857. The number of rotatable bonds is 4. The lowest BCUT2D eigenvalue weighted by Crippen LogP contribution is -2.45. The predicted molar refractivity (Wildman–Crippen MR) is 50.5 cm³/mol. The fourth-order valence-electron chi connectivity index (χ4n) is 0.519. The van der Waals surface area contributed by atoms with Gasteiger partial charge in [0.1, 0.15) is 0 Å². The van der Waals surface area contributed by atoms with Crippen molar-refractivity contribution in [3.05, 3.63) is 0 Å². The van der Waals surface area contributed by atoms with E-state index in [-0.39, 0.29) is 0 Å². The van der Waals surface area contributed by atoms with E-state index in [1.165, 1.54) is 13.8 Å². The summed E-state index contributed by atoms with van der Waals surface area (Å²) in [5, 5.41) is -0.625. The molecule has 0 fully saturated rings. The third-order valence-corrected chi connectivity index (χ3v) is 3.37. The quantitative estimate of drug-likeness (QED) is 0.656. The highest BCUT2D eigenvalue weighted by Gasteiger charge is 2.21. The van der Waals surface area contributed by atoms with Crippen LogP contribution in [0.5, 0.6) is 0 Å². The molecule has 0 unspecified atom stereocenters. The molecule has 0 spiro atoms. The molecule has 0 aliphatic carbocycles. The third kappa shape index (κ3) is 3.73. The lowest BCUT2D eigenvalue weighted by molar-refractivity contribution is -0.120. The second-order valence-electron chi connectivity index (χ2n) is 3.07. The summed E-state index contributed by atoms with van der Waals surface area (Å²) in [5.41, 5.74) is 5.35. The second kappa shape index (κ2) is 4.57. The largest absolute Gasteiger partial charge is 0.320 e. The van der Waals surface area contributed by atoms with Crippen LogP contribution in [0.1, 0.15) is 27.2 Å². The molecule has 0 heterocycles. The van der Waals surface area contributed by atoms with E-state index >= 15 is 0 Å². The fourth-order valence-corrected chi connectivity index (χ4v) is 1.19. The molecule has 0 aliphatic rings. The van der Waals surface area contributed by atoms with E-state index in [0.717, 1.165) is 0 Å². The van der Waals surface area contributed by atoms with E-state index in [1.54, 1.807) is 6.92 Å². The van der Waals surface area contributed by atoms with E-state index < -0.39 is 27.2 Å². The maximum absolute atomic E-state index is 11.2. The van der Waals surface area contributed by atoms with Crippen molar-refractivity contribution in [2.75, 3.05) is 0 Å². The van der Waals surface area contributed by atoms with Crippen LogP contribution in [0.15, 0.2) is 0 Å². The van der Waals surface area contributed by atoms with Crippen LogP contribution in [0.2, 0.25) is 0 Å². The normalized spacial score (nSPS) is 14.2. The molecule has 5 nitrogen and oxygen atoms in total. The molecule has 0 aromatic heterocycles. The predicted octanol–water partition coefficient (Wildman–Crippen LogP) is -0.422. The van der Waals surface area contributed by atoms with Crippen molar-refractivity contribution in [1.29, 1.82) is 0 Å². The molecule has 0 bridgehead atoms. The first kappa shape index (κ1) is 12.4. The van der Waals surface area contributed by atoms with Gasteiger partial charge in [0.25, 0.3) is 0 Å². The smallest absolute Gasteiger partial charge is 0.250 e. The molecule has 0 saturated heterocycles. The monoisotopic (exact) mass is 208 g/mol. The minimum atomic E-state index is -3.53. The highest BCUT2D eigenvalue weighted by molar-refractivity contribution is 7.90. The van der Waals surface area contributed by atoms with Crippen LogP contribution in [-0.4, -0.2) is 25.6 Å². The average molecular weight is 208 g/mol. The van der Waals surface area contributed by atoms with E-state index in [0.29, 0.717) is 6.42 Å². The molecule has 3 N–H and O–H groups in total. The Kier molecular flexibility index (Phi) is 4.35. The van der Waals surface area contributed by atoms with Crippen molar-refractivity contribution < 1.29 is 13.2 Å². The van der Waals surface area contributed by atoms with Crippen molar-refractivity contribution in [1.82, 2.24) is 4.72 Å². The molecule has 78 valence electrons. The first-order chi connectivity index (χ1) is 5.81. The SMILES string of the molecule is CC[C@@H](N)C(=O)NS(=O)(=O)C(C)C. The Morgan fingerprint density at radius 1 is 1.46 bits per heavy atom. The molecule has 6 heteroatoms. The topological polar surface area (TPSA) is 89.3 Å². The van der Waals surface area contributed by atoms with Gasteiger partial charge in [-0.15, -0.1) is 0 Å². The Morgan fingerprint density at radius 3 is 2.23 bits per heavy atom. The number of sulfonamides is 1. The first-order valence-electron chi connectivity index (χ1n) is 4.12. The lowest BCUT2D eigenvalue weighted by atomic mass is 10.2. The first-order valence-corrected chi connectivity index (χ1v) is 5.67. The number of hydrogen-bond acceptors (Lipinski definition) is 4. The minimum Gasteiger partial charge on any atom is -0.320 e. The van der Waals surface area contributed by atoms with Crippen molar-refractivity contribution in [2.24, 2.45) is 5.73 Å². The highest BCUT2D eigenvalue weighted by Crippen LogP contribution is 1.97. The number of carbonyl (C=O) groups is 1. The molecule has 1 amide bonds. The van der Waals surface area contributed by atoms with E-state index in [9.17, 15) is 13.2 Å². The van der Waals surface area contributed by atoms with Crippen molar-refractivity contribution in [3.8, 4) is 0 Å². The van der Waals surface area contributed by atoms with Gasteiger partial charge in [0.2, 0.25) is 15.9 Å². The molecule has 0 aromatic rings. The molecule has 0 aromatic carbocycles. The number of nitrogens with one attached hydrogen (secondary N) is 1. The van der Waals surface area contributed by atoms with Crippen LogP contribution in [0, 0.1) is 0 Å². The van der Waals surface area contributed by atoms with Crippen molar-refractivity contribution in [2.45, 2.75) is 38.5 Å². The Hall–Kier alpha value is -0.620. The van der Waals surface area contributed by atoms with Crippen LogP contribution in [0.4, 0.5) is 0 Å². The van der Waals surface area contributed by atoms with Crippen LogP contribution in [0.25, 0.3) is 0 Å². The molecular weight excluding hydrogens is 192 g/mol. The summed E-state index contributed by atoms with van der Waals surface area (Å²) < 4.78 is 24.3. The third-order valence-electron chi connectivity index (χ3n) is 1.64. The van der Waals surface area contributed by atoms with Gasteiger partial charge in [-0.3, -0.25) is 9.52 Å². The molecule has 1 atom stereocenters. The Labute approximate surface area is 78.7 Å². The Bertz CT molecular complexity index is 271. The number of nitrogens with two attached hydrogens (primary N) is 1.